The number of aromatic nitrogens is 1. The Morgan fingerprint density at radius 2 is 1.17 bits per heavy atom. The summed E-state index contributed by atoms with van der Waals surface area (Å²) in [5, 5.41) is 0. The largest absolute Gasteiger partial charge is 0.333 e. The third-order valence-electron chi connectivity index (χ3n) is 0.865. The summed E-state index contributed by atoms with van der Waals surface area (Å²) in [6.07, 6.45) is 4.00. The number of quaternary nitrogens is 1. The van der Waals surface area contributed by atoms with Crippen LogP contribution in [0.1, 0.15) is 0 Å². The fraction of sp³-hybridized carbons (Fsp3) is 0.500. The molecule has 68 valence electrons. The molecule has 0 amide bonds. The number of pyridine rings is 1. The minimum absolute atomic E-state index is 1.00. The molecule has 2 nitrogen and oxygen atoms in total. The Bertz CT molecular complexity index is 193. The number of hydrogen-bond donors (Lipinski definition) is 0. The normalized spacial score (nSPS) is 10.1. The van der Waals surface area contributed by atoms with E-state index < -0.39 is 0 Å². The van der Waals surface area contributed by atoms with Gasteiger partial charge in [-0.05, 0) is 0 Å². The first-order valence-corrected chi connectivity index (χ1v) is 4.09. The maximum Gasteiger partial charge on any atom is 0.168 e. The van der Waals surface area contributed by atoms with Crippen molar-refractivity contribution in [2.45, 2.75) is 0 Å². The van der Waals surface area contributed by atoms with E-state index in [2.05, 4.69) is 28.2 Å². The fourth-order valence-electron chi connectivity index (χ4n) is 0.485. The second kappa shape index (κ2) is 4.88. The molecule has 1 aromatic heterocycles. The minimum atomic E-state index is 1.00. The third kappa shape index (κ3) is 11.9. The van der Waals surface area contributed by atoms with Crippen LogP contribution in [-0.2, 0) is 7.05 Å². The fourth-order valence-corrected chi connectivity index (χ4v) is 0.485. The van der Waals surface area contributed by atoms with Crippen molar-refractivity contribution >= 4 is 0 Å². The first-order chi connectivity index (χ1) is 5.39. The summed E-state index contributed by atoms with van der Waals surface area (Å²) >= 11 is 0. The lowest BCUT2D eigenvalue weighted by atomic mass is 10.5. The van der Waals surface area contributed by atoms with Crippen LogP contribution >= 0.6 is 0 Å². The Morgan fingerprint density at radius 3 is 1.33 bits per heavy atom. The first kappa shape index (κ1) is 11.1. The van der Waals surface area contributed by atoms with E-state index in [0.717, 1.165) is 4.48 Å². The van der Waals surface area contributed by atoms with Gasteiger partial charge in [0.15, 0.2) is 12.4 Å². The van der Waals surface area contributed by atoms with Crippen molar-refractivity contribution < 1.29 is 9.05 Å². The quantitative estimate of drug-likeness (QED) is 0.399. The molecule has 0 fully saturated rings. The van der Waals surface area contributed by atoms with Gasteiger partial charge in [-0.1, -0.05) is 6.07 Å². The molecule has 1 rings (SSSR count). The summed E-state index contributed by atoms with van der Waals surface area (Å²) in [7, 11) is 10.5. The van der Waals surface area contributed by atoms with Crippen molar-refractivity contribution in [1.82, 2.24) is 0 Å². The smallest absolute Gasteiger partial charge is 0.168 e. The zero-order valence-corrected chi connectivity index (χ0v) is 8.78. The maximum absolute atomic E-state index is 2.12. The van der Waals surface area contributed by atoms with Crippen LogP contribution < -0.4 is 4.57 Å². The number of rotatable bonds is 0. The highest BCUT2D eigenvalue weighted by atomic mass is 15.2. The van der Waals surface area contributed by atoms with E-state index in [1.165, 1.54) is 0 Å². The Kier molecular flexibility index (Phi) is 4.52. The SMILES string of the molecule is C[N+](C)(C)C.C[n+]1ccccc1. The van der Waals surface area contributed by atoms with E-state index in [9.17, 15) is 0 Å². The lowest BCUT2D eigenvalue weighted by Gasteiger charge is -2.14. The summed E-state index contributed by atoms with van der Waals surface area (Å²) < 4.78 is 3.00. The number of nitrogens with zero attached hydrogens (tertiary/aromatic N) is 2. The van der Waals surface area contributed by atoms with Gasteiger partial charge in [-0.15, -0.1) is 0 Å². The van der Waals surface area contributed by atoms with E-state index in [0.29, 0.717) is 0 Å². The van der Waals surface area contributed by atoms with Gasteiger partial charge in [-0.3, -0.25) is 0 Å². The van der Waals surface area contributed by atoms with Gasteiger partial charge in [0.25, 0.3) is 0 Å². The van der Waals surface area contributed by atoms with Gasteiger partial charge < -0.3 is 4.48 Å². The monoisotopic (exact) mass is 168 g/mol. The highest BCUT2D eigenvalue weighted by Gasteiger charge is 1.88. The molecule has 0 radical (unpaired) electrons. The van der Waals surface area contributed by atoms with Gasteiger partial charge in [0.05, 0.1) is 28.2 Å². The average molecular weight is 168 g/mol. The predicted octanol–water partition coefficient (Wildman–Crippen LogP) is 0.834. The van der Waals surface area contributed by atoms with E-state index in [4.69, 9.17) is 0 Å². The Labute approximate surface area is 75.7 Å². The van der Waals surface area contributed by atoms with Crippen molar-refractivity contribution in [2.24, 2.45) is 7.05 Å². The predicted molar refractivity (Wildman–Crippen MR) is 51.6 cm³/mol. The minimum Gasteiger partial charge on any atom is -0.333 e. The third-order valence-corrected chi connectivity index (χ3v) is 0.865. The van der Waals surface area contributed by atoms with Gasteiger partial charge in [-0.25, -0.2) is 4.57 Å². The zero-order valence-electron chi connectivity index (χ0n) is 8.78. The molecule has 2 heteroatoms. The van der Waals surface area contributed by atoms with Crippen molar-refractivity contribution in [3.8, 4) is 0 Å². The molecule has 0 saturated carbocycles. The topological polar surface area (TPSA) is 3.88 Å². The molecule has 0 bridgehead atoms. The van der Waals surface area contributed by atoms with Gasteiger partial charge in [0, 0.05) is 12.1 Å². The van der Waals surface area contributed by atoms with Crippen LogP contribution in [0.4, 0.5) is 0 Å². The van der Waals surface area contributed by atoms with Crippen molar-refractivity contribution in [3.63, 3.8) is 0 Å². The van der Waals surface area contributed by atoms with Crippen molar-refractivity contribution in [1.29, 1.82) is 0 Å². The molecule has 0 aliphatic carbocycles. The highest BCUT2D eigenvalue weighted by Crippen LogP contribution is 1.73. The molecule has 1 aromatic rings. The summed E-state index contributed by atoms with van der Waals surface area (Å²) in [5.41, 5.74) is 0. The van der Waals surface area contributed by atoms with Crippen LogP contribution in [0, 0.1) is 0 Å². The van der Waals surface area contributed by atoms with E-state index >= 15 is 0 Å². The Balaban J connectivity index is 0.000000217. The Morgan fingerprint density at radius 1 is 0.833 bits per heavy atom. The average Bonchev–Trinajstić information content (AvgIpc) is 1.85. The second-order valence-electron chi connectivity index (χ2n) is 4.22. The van der Waals surface area contributed by atoms with E-state index in [-0.39, 0.29) is 0 Å². The molecule has 0 aliphatic heterocycles. The van der Waals surface area contributed by atoms with Crippen LogP contribution in [0.5, 0.6) is 0 Å². The Hall–Kier alpha value is -0.890. The summed E-state index contributed by atoms with van der Waals surface area (Å²) in [4.78, 5) is 0. The van der Waals surface area contributed by atoms with E-state index in [1.807, 2.05) is 42.2 Å². The highest BCUT2D eigenvalue weighted by molar-refractivity contribution is 4.83. The molecule has 0 N–H and O–H groups in total. The summed E-state index contributed by atoms with van der Waals surface area (Å²) in [6.45, 7) is 0. The van der Waals surface area contributed by atoms with Gasteiger partial charge in [0.2, 0.25) is 0 Å². The van der Waals surface area contributed by atoms with Crippen molar-refractivity contribution in [2.75, 3.05) is 28.2 Å². The maximum atomic E-state index is 2.12. The molecular weight excluding hydrogens is 148 g/mol. The summed E-state index contributed by atoms with van der Waals surface area (Å²) in [6, 6.07) is 6.00. The molecule has 0 atom stereocenters. The first-order valence-electron chi connectivity index (χ1n) is 4.09. The lowest BCUT2D eigenvalue weighted by Crippen LogP contribution is -2.27. The zero-order chi connectivity index (χ0) is 9.61. The van der Waals surface area contributed by atoms with Gasteiger partial charge in [-0.2, -0.15) is 0 Å². The van der Waals surface area contributed by atoms with Crippen LogP contribution in [0.3, 0.4) is 0 Å². The van der Waals surface area contributed by atoms with Crippen LogP contribution in [0.15, 0.2) is 30.6 Å². The molecule has 0 spiro atoms. The molecule has 0 saturated heterocycles. The summed E-state index contributed by atoms with van der Waals surface area (Å²) in [5.74, 6) is 0. The number of hydrogen-bond acceptors (Lipinski definition) is 0. The van der Waals surface area contributed by atoms with E-state index in [1.54, 1.807) is 0 Å². The molecule has 0 unspecified atom stereocenters. The van der Waals surface area contributed by atoms with Crippen LogP contribution in [0.25, 0.3) is 0 Å². The lowest BCUT2D eigenvalue weighted by molar-refractivity contribution is -0.849. The van der Waals surface area contributed by atoms with Gasteiger partial charge in [0.1, 0.15) is 7.05 Å². The molecule has 0 aliphatic rings. The number of aryl methyl sites for hydroxylation is 1. The molecule has 12 heavy (non-hydrogen) atoms. The molecule has 1 heterocycles. The molecule has 0 aromatic carbocycles. The second-order valence-corrected chi connectivity index (χ2v) is 4.22. The van der Waals surface area contributed by atoms with Crippen molar-refractivity contribution in [3.05, 3.63) is 30.6 Å². The van der Waals surface area contributed by atoms with Crippen LogP contribution in [-0.4, -0.2) is 32.7 Å². The standard InChI is InChI=1S/C6H8N.C4H12N/c1-7-5-3-2-4-6-7;1-5(2,3)4/h2-6H,1H3;1-4H3/q2*+1. The van der Waals surface area contributed by atoms with Gasteiger partial charge >= 0.3 is 0 Å². The molecular formula is C10H20N2+2. The van der Waals surface area contributed by atoms with Crippen LogP contribution in [0.2, 0.25) is 0 Å².